The second-order valence-electron chi connectivity index (χ2n) is 7.11. The van der Waals surface area contributed by atoms with Gasteiger partial charge in [-0.05, 0) is 33.8 Å². The summed E-state index contributed by atoms with van der Waals surface area (Å²) in [7, 11) is 0. The van der Waals surface area contributed by atoms with Gasteiger partial charge < -0.3 is 19.9 Å². The molecule has 1 unspecified atom stereocenters. The molecule has 1 atom stereocenters. The van der Waals surface area contributed by atoms with Crippen molar-refractivity contribution < 1.29 is 19.4 Å². The van der Waals surface area contributed by atoms with Gasteiger partial charge in [0.15, 0.2) is 0 Å². The maximum atomic E-state index is 12.7. The fraction of sp³-hybridized carbons (Fsp3) is 0.611. The van der Waals surface area contributed by atoms with Crippen LogP contribution in [0, 0.1) is 0 Å². The van der Waals surface area contributed by atoms with Crippen LogP contribution in [-0.4, -0.2) is 54.0 Å². The lowest BCUT2D eigenvalue weighted by molar-refractivity contribution is 0.0114. The molecule has 0 aliphatic carbocycles. The molecular formula is C18H27ClN2O4. The van der Waals surface area contributed by atoms with Gasteiger partial charge in [0.25, 0.3) is 0 Å². The molecule has 1 aliphatic heterocycles. The Morgan fingerprint density at radius 2 is 2.12 bits per heavy atom. The number of halogens is 1. The Kier molecular flexibility index (Phi) is 6.54. The highest BCUT2D eigenvalue weighted by Crippen LogP contribution is 2.34. The van der Waals surface area contributed by atoms with Gasteiger partial charge >= 0.3 is 6.09 Å². The molecule has 1 aromatic carbocycles. The third-order valence-electron chi connectivity index (χ3n) is 4.10. The highest BCUT2D eigenvalue weighted by Gasteiger charge is 2.38. The molecule has 1 saturated heterocycles. The Labute approximate surface area is 154 Å². The van der Waals surface area contributed by atoms with Crippen molar-refractivity contribution in [3.05, 3.63) is 28.8 Å². The molecule has 140 valence electrons. The topological polar surface area (TPSA) is 71.0 Å². The lowest BCUT2D eigenvalue weighted by Gasteiger charge is -2.45. The number of benzene rings is 1. The molecule has 0 aromatic heterocycles. The third-order valence-corrected chi connectivity index (χ3v) is 4.51. The van der Waals surface area contributed by atoms with E-state index in [0.29, 0.717) is 16.3 Å². The van der Waals surface area contributed by atoms with Crippen molar-refractivity contribution in [1.82, 2.24) is 10.2 Å². The molecular weight excluding hydrogens is 344 g/mol. The minimum Gasteiger partial charge on any atom is -0.490 e. The standard InChI is InChI=1S/C18H27ClN2O4/c1-12(14-6-5-7-15(16(14)19)24-9-8-22)25-17(23)21(18(2,3)4)13-10-20-11-13/h5-7,12-13,20,22H,8-11H2,1-4H3. The summed E-state index contributed by atoms with van der Waals surface area (Å²) in [6, 6.07) is 5.44. The van der Waals surface area contributed by atoms with Crippen molar-refractivity contribution in [2.24, 2.45) is 0 Å². The van der Waals surface area contributed by atoms with Crippen molar-refractivity contribution in [1.29, 1.82) is 0 Å². The van der Waals surface area contributed by atoms with E-state index in [1.165, 1.54) is 0 Å². The Hall–Kier alpha value is -1.50. The molecule has 0 bridgehead atoms. The van der Waals surface area contributed by atoms with Crippen LogP contribution in [0.5, 0.6) is 5.75 Å². The van der Waals surface area contributed by atoms with E-state index in [2.05, 4.69) is 5.32 Å². The Morgan fingerprint density at radius 1 is 1.44 bits per heavy atom. The molecule has 6 nitrogen and oxygen atoms in total. The number of aliphatic hydroxyl groups excluding tert-OH is 1. The molecule has 0 radical (unpaired) electrons. The molecule has 1 aromatic rings. The summed E-state index contributed by atoms with van der Waals surface area (Å²) in [4.78, 5) is 14.5. The average Bonchev–Trinajstić information content (AvgIpc) is 2.48. The predicted molar refractivity (Wildman–Crippen MR) is 97.2 cm³/mol. The van der Waals surface area contributed by atoms with Crippen molar-refractivity contribution in [2.75, 3.05) is 26.3 Å². The van der Waals surface area contributed by atoms with Gasteiger partial charge in [-0.3, -0.25) is 4.90 Å². The zero-order valence-electron chi connectivity index (χ0n) is 15.2. The molecule has 2 rings (SSSR count). The summed E-state index contributed by atoms with van der Waals surface area (Å²) in [5.41, 5.74) is 0.338. The number of amides is 1. The van der Waals surface area contributed by atoms with E-state index < -0.39 is 6.10 Å². The van der Waals surface area contributed by atoms with Crippen LogP contribution in [0.15, 0.2) is 18.2 Å². The number of ether oxygens (including phenoxy) is 2. The second kappa shape index (κ2) is 8.25. The van der Waals surface area contributed by atoms with E-state index in [9.17, 15) is 4.79 Å². The van der Waals surface area contributed by atoms with Crippen LogP contribution in [0.25, 0.3) is 0 Å². The predicted octanol–water partition coefficient (Wildman–Crippen LogP) is 2.98. The highest BCUT2D eigenvalue weighted by molar-refractivity contribution is 6.32. The van der Waals surface area contributed by atoms with Gasteiger partial charge in [0.1, 0.15) is 18.5 Å². The lowest BCUT2D eigenvalue weighted by Crippen LogP contribution is -2.64. The van der Waals surface area contributed by atoms with Gasteiger partial charge in [-0.25, -0.2) is 4.79 Å². The minimum absolute atomic E-state index is 0.0962. The van der Waals surface area contributed by atoms with E-state index in [0.717, 1.165) is 13.1 Å². The maximum absolute atomic E-state index is 12.7. The van der Waals surface area contributed by atoms with Crippen LogP contribution in [0.2, 0.25) is 5.02 Å². The Balaban J connectivity index is 2.12. The van der Waals surface area contributed by atoms with Crippen molar-refractivity contribution in [3.63, 3.8) is 0 Å². The number of carbonyl (C=O) groups excluding carboxylic acids is 1. The van der Waals surface area contributed by atoms with E-state index in [-0.39, 0.29) is 30.9 Å². The SMILES string of the molecule is CC(OC(=O)N(C1CNC1)C(C)(C)C)c1cccc(OCCO)c1Cl. The van der Waals surface area contributed by atoms with Crippen molar-refractivity contribution in [2.45, 2.75) is 45.4 Å². The molecule has 2 N–H and O–H groups in total. The van der Waals surface area contributed by atoms with Gasteiger partial charge in [0.05, 0.1) is 17.7 Å². The minimum atomic E-state index is -0.518. The smallest absolute Gasteiger partial charge is 0.411 e. The van der Waals surface area contributed by atoms with Crippen molar-refractivity contribution >= 4 is 17.7 Å². The average molecular weight is 371 g/mol. The monoisotopic (exact) mass is 370 g/mol. The molecule has 1 amide bonds. The summed E-state index contributed by atoms with van der Waals surface area (Å²) in [6.07, 6.45) is -0.875. The molecule has 25 heavy (non-hydrogen) atoms. The van der Waals surface area contributed by atoms with E-state index >= 15 is 0 Å². The van der Waals surface area contributed by atoms with Crippen LogP contribution in [-0.2, 0) is 4.74 Å². The van der Waals surface area contributed by atoms with Crippen LogP contribution >= 0.6 is 11.6 Å². The van der Waals surface area contributed by atoms with Crippen LogP contribution in [0.1, 0.15) is 39.4 Å². The normalized spacial score (nSPS) is 16.1. The lowest BCUT2D eigenvalue weighted by atomic mass is 10.0. The summed E-state index contributed by atoms with van der Waals surface area (Å²) in [6.45, 7) is 9.37. The number of carbonyl (C=O) groups is 1. The van der Waals surface area contributed by atoms with Gasteiger partial charge in [-0.2, -0.15) is 0 Å². The zero-order valence-corrected chi connectivity index (χ0v) is 16.0. The maximum Gasteiger partial charge on any atom is 0.411 e. The number of nitrogens with one attached hydrogen (secondary N) is 1. The summed E-state index contributed by atoms with van der Waals surface area (Å²) >= 11 is 6.37. The number of hydrogen-bond acceptors (Lipinski definition) is 5. The molecule has 0 saturated carbocycles. The summed E-state index contributed by atoms with van der Waals surface area (Å²) in [5, 5.41) is 12.5. The molecule has 0 spiro atoms. The Bertz CT molecular complexity index is 599. The first-order chi connectivity index (χ1) is 11.8. The van der Waals surface area contributed by atoms with Gasteiger partial charge in [0, 0.05) is 24.2 Å². The number of aliphatic hydroxyl groups is 1. The van der Waals surface area contributed by atoms with Gasteiger partial charge in [-0.15, -0.1) is 0 Å². The summed E-state index contributed by atoms with van der Waals surface area (Å²) in [5.74, 6) is 0.465. The first-order valence-electron chi connectivity index (χ1n) is 8.48. The second-order valence-corrected chi connectivity index (χ2v) is 7.49. The van der Waals surface area contributed by atoms with E-state index in [4.69, 9.17) is 26.2 Å². The molecule has 7 heteroatoms. The van der Waals surface area contributed by atoms with E-state index in [1.807, 2.05) is 20.8 Å². The van der Waals surface area contributed by atoms with Crippen LogP contribution in [0.3, 0.4) is 0 Å². The number of nitrogens with zero attached hydrogens (tertiary/aromatic N) is 1. The zero-order chi connectivity index (χ0) is 18.6. The third kappa shape index (κ3) is 4.77. The largest absolute Gasteiger partial charge is 0.490 e. The number of rotatable bonds is 6. The van der Waals surface area contributed by atoms with Crippen molar-refractivity contribution in [3.8, 4) is 5.75 Å². The molecule has 1 fully saturated rings. The number of hydrogen-bond donors (Lipinski definition) is 2. The highest BCUT2D eigenvalue weighted by atomic mass is 35.5. The first kappa shape index (κ1) is 19.8. The summed E-state index contributed by atoms with van der Waals surface area (Å²) < 4.78 is 11.1. The first-order valence-corrected chi connectivity index (χ1v) is 8.86. The van der Waals surface area contributed by atoms with Crippen LogP contribution < -0.4 is 10.1 Å². The van der Waals surface area contributed by atoms with E-state index in [1.54, 1.807) is 30.0 Å². The van der Waals surface area contributed by atoms with Gasteiger partial charge in [0.2, 0.25) is 0 Å². The molecule has 1 aliphatic rings. The van der Waals surface area contributed by atoms with Crippen LogP contribution in [0.4, 0.5) is 4.79 Å². The fourth-order valence-electron chi connectivity index (χ4n) is 2.81. The Morgan fingerprint density at radius 3 is 2.64 bits per heavy atom. The fourth-order valence-corrected chi connectivity index (χ4v) is 3.14. The molecule has 1 heterocycles. The van der Waals surface area contributed by atoms with Gasteiger partial charge in [-0.1, -0.05) is 23.7 Å². The quantitative estimate of drug-likeness (QED) is 0.805.